The van der Waals surface area contributed by atoms with E-state index in [1.54, 1.807) is 12.3 Å². The zero-order chi connectivity index (χ0) is 21.5. The zero-order valence-electron chi connectivity index (χ0n) is 17.5. The van der Waals surface area contributed by atoms with Crippen LogP contribution in [0.25, 0.3) is 27.9 Å². The molecule has 0 atom stereocenters. The SMILES string of the molecule is CC(C)CNc1nc2ccc(F)cc2n2c(-c3ccc(C(=O)NC4CC4)cc3)cnc12. The number of benzene rings is 2. The molecule has 0 saturated heterocycles. The Morgan fingerprint density at radius 3 is 2.68 bits per heavy atom. The third-order valence-electron chi connectivity index (χ3n) is 5.42. The van der Waals surface area contributed by atoms with E-state index in [9.17, 15) is 9.18 Å². The van der Waals surface area contributed by atoms with E-state index in [1.165, 1.54) is 12.1 Å². The van der Waals surface area contributed by atoms with Gasteiger partial charge in [0, 0.05) is 29.8 Å². The highest BCUT2D eigenvalue weighted by molar-refractivity contribution is 5.95. The van der Waals surface area contributed by atoms with E-state index in [0.29, 0.717) is 40.0 Å². The van der Waals surface area contributed by atoms with Gasteiger partial charge in [-0.15, -0.1) is 0 Å². The minimum absolute atomic E-state index is 0.0518. The van der Waals surface area contributed by atoms with Gasteiger partial charge in [0.2, 0.25) is 0 Å². The van der Waals surface area contributed by atoms with Gasteiger partial charge in [-0.25, -0.2) is 14.4 Å². The highest BCUT2D eigenvalue weighted by Gasteiger charge is 2.24. The van der Waals surface area contributed by atoms with Crippen LogP contribution in [0.15, 0.2) is 48.7 Å². The first-order valence-electron chi connectivity index (χ1n) is 10.6. The molecule has 2 heterocycles. The second kappa shape index (κ2) is 7.65. The summed E-state index contributed by atoms with van der Waals surface area (Å²) in [5.41, 5.74) is 4.30. The van der Waals surface area contributed by atoms with Crippen LogP contribution in [0, 0.1) is 11.7 Å². The molecule has 1 saturated carbocycles. The Bertz CT molecular complexity index is 1270. The number of hydrogen-bond donors (Lipinski definition) is 2. The number of hydrogen-bond acceptors (Lipinski definition) is 4. The van der Waals surface area contributed by atoms with Crippen molar-refractivity contribution in [2.75, 3.05) is 11.9 Å². The Balaban J connectivity index is 1.60. The quantitative estimate of drug-likeness (QED) is 0.479. The Morgan fingerprint density at radius 1 is 1.19 bits per heavy atom. The van der Waals surface area contributed by atoms with E-state index in [2.05, 4.69) is 34.4 Å². The molecule has 0 bridgehead atoms. The van der Waals surface area contributed by atoms with Gasteiger partial charge in [-0.2, -0.15) is 0 Å². The molecule has 1 aliphatic carbocycles. The predicted molar refractivity (Wildman–Crippen MR) is 120 cm³/mol. The number of carbonyl (C=O) groups is 1. The van der Waals surface area contributed by atoms with Gasteiger partial charge in [-0.1, -0.05) is 26.0 Å². The van der Waals surface area contributed by atoms with Crippen molar-refractivity contribution in [3.63, 3.8) is 0 Å². The Hall–Kier alpha value is -3.48. The van der Waals surface area contributed by atoms with Crippen molar-refractivity contribution in [3.8, 4) is 11.3 Å². The molecule has 2 N–H and O–H groups in total. The molecule has 2 aromatic heterocycles. The topological polar surface area (TPSA) is 71.3 Å². The number of fused-ring (bicyclic) bond motifs is 3. The van der Waals surface area contributed by atoms with Crippen LogP contribution in [0.3, 0.4) is 0 Å². The average molecular weight is 417 g/mol. The van der Waals surface area contributed by atoms with Gasteiger partial charge >= 0.3 is 0 Å². The highest BCUT2D eigenvalue weighted by Crippen LogP contribution is 2.29. The van der Waals surface area contributed by atoms with Crippen molar-refractivity contribution in [3.05, 3.63) is 60.0 Å². The molecule has 1 aliphatic rings. The first kappa shape index (κ1) is 19.5. The normalized spacial score (nSPS) is 13.8. The maximum atomic E-state index is 14.1. The van der Waals surface area contributed by atoms with Crippen molar-refractivity contribution in [2.24, 2.45) is 5.92 Å². The molecular formula is C24H24FN5O. The molecule has 1 fully saturated rings. The summed E-state index contributed by atoms with van der Waals surface area (Å²) in [5, 5.41) is 6.37. The maximum Gasteiger partial charge on any atom is 0.251 e. The summed E-state index contributed by atoms with van der Waals surface area (Å²) in [6, 6.07) is 12.3. The molecule has 6 nitrogen and oxygen atoms in total. The number of aromatic nitrogens is 3. The Morgan fingerprint density at radius 2 is 1.97 bits per heavy atom. The van der Waals surface area contributed by atoms with Crippen LogP contribution < -0.4 is 10.6 Å². The van der Waals surface area contributed by atoms with Gasteiger partial charge in [-0.3, -0.25) is 9.20 Å². The Kier molecular flexibility index (Phi) is 4.81. The number of rotatable bonds is 6. The molecule has 5 rings (SSSR count). The number of carbonyl (C=O) groups excluding carboxylic acids is 1. The lowest BCUT2D eigenvalue weighted by atomic mass is 10.1. The van der Waals surface area contributed by atoms with Crippen LogP contribution in [0.1, 0.15) is 37.0 Å². The molecule has 0 aliphatic heterocycles. The van der Waals surface area contributed by atoms with Crippen LogP contribution in [0.4, 0.5) is 10.2 Å². The van der Waals surface area contributed by atoms with Crippen molar-refractivity contribution in [1.82, 2.24) is 19.7 Å². The van der Waals surface area contributed by atoms with Crippen molar-refractivity contribution < 1.29 is 9.18 Å². The lowest BCUT2D eigenvalue weighted by Crippen LogP contribution is -2.25. The van der Waals surface area contributed by atoms with E-state index in [-0.39, 0.29) is 11.7 Å². The first-order chi connectivity index (χ1) is 15.0. The van der Waals surface area contributed by atoms with Gasteiger partial charge in [0.25, 0.3) is 5.91 Å². The fourth-order valence-electron chi connectivity index (χ4n) is 3.62. The van der Waals surface area contributed by atoms with Crippen LogP contribution in [0.5, 0.6) is 0 Å². The molecular weight excluding hydrogens is 393 g/mol. The molecule has 1 amide bonds. The van der Waals surface area contributed by atoms with Crippen molar-refractivity contribution >= 4 is 28.4 Å². The molecule has 158 valence electrons. The van der Waals surface area contributed by atoms with E-state index in [0.717, 1.165) is 30.6 Å². The number of amides is 1. The molecule has 2 aromatic carbocycles. The first-order valence-corrected chi connectivity index (χ1v) is 10.6. The summed E-state index contributed by atoms with van der Waals surface area (Å²) in [6.45, 7) is 5.00. The minimum atomic E-state index is -0.328. The van der Waals surface area contributed by atoms with Crippen LogP contribution in [-0.4, -0.2) is 32.9 Å². The standard InChI is InChI=1S/C24H24FN5O/c1-14(2)12-26-22-23-27-13-21(30(23)20-11-17(25)7-10-19(20)29-22)15-3-5-16(6-4-15)24(31)28-18-8-9-18/h3-7,10-11,13-14,18H,8-9,12H2,1-2H3,(H,26,29)(H,28,31). The van der Waals surface area contributed by atoms with Crippen LogP contribution in [-0.2, 0) is 0 Å². The van der Waals surface area contributed by atoms with E-state index in [1.807, 2.05) is 28.7 Å². The lowest BCUT2D eigenvalue weighted by molar-refractivity contribution is 0.0951. The fourth-order valence-corrected chi connectivity index (χ4v) is 3.62. The van der Waals surface area contributed by atoms with Crippen molar-refractivity contribution in [2.45, 2.75) is 32.7 Å². The summed E-state index contributed by atoms with van der Waals surface area (Å²) in [4.78, 5) is 21.6. The number of halogens is 1. The molecule has 0 spiro atoms. The second-order valence-electron chi connectivity index (χ2n) is 8.50. The number of nitrogens with one attached hydrogen (secondary N) is 2. The second-order valence-corrected chi connectivity index (χ2v) is 8.50. The average Bonchev–Trinajstić information content (AvgIpc) is 3.46. The molecule has 4 aromatic rings. The number of imidazole rings is 1. The van der Waals surface area contributed by atoms with Crippen LogP contribution in [0.2, 0.25) is 0 Å². The highest BCUT2D eigenvalue weighted by atomic mass is 19.1. The maximum absolute atomic E-state index is 14.1. The minimum Gasteiger partial charge on any atom is -0.367 e. The predicted octanol–water partition coefficient (Wildman–Crippen LogP) is 4.65. The third kappa shape index (κ3) is 3.83. The van der Waals surface area contributed by atoms with Crippen LogP contribution >= 0.6 is 0 Å². The fraction of sp³-hybridized carbons (Fsp3) is 0.292. The van der Waals surface area contributed by atoms with Gasteiger partial charge in [-0.05, 0) is 43.0 Å². The monoisotopic (exact) mass is 417 g/mol. The molecule has 7 heteroatoms. The molecule has 0 unspecified atom stereocenters. The summed E-state index contributed by atoms with van der Waals surface area (Å²) in [5.74, 6) is 0.725. The van der Waals surface area contributed by atoms with Crippen molar-refractivity contribution in [1.29, 1.82) is 0 Å². The number of anilines is 1. The van der Waals surface area contributed by atoms with E-state index >= 15 is 0 Å². The summed E-state index contributed by atoms with van der Waals surface area (Å²) in [6.07, 6.45) is 3.87. The van der Waals surface area contributed by atoms with Gasteiger partial charge in [0.1, 0.15) is 5.82 Å². The lowest BCUT2D eigenvalue weighted by Gasteiger charge is -2.13. The van der Waals surface area contributed by atoms with Gasteiger partial charge in [0.15, 0.2) is 11.5 Å². The largest absolute Gasteiger partial charge is 0.367 e. The van der Waals surface area contributed by atoms with E-state index in [4.69, 9.17) is 0 Å². The molecule has 31 heavy (non-hydrogen) atoms. The number of nitrogens with zero attached hydrogens (tertiary/aromatic N) is 3. The zero-order valence-corrected chi connectivity index (χ0v) is 17.5. The third-order valence-corrected chi connectivity index (χ3v) is 5.42. The Labute approximate surface area is 179 Å². The van der Waals surface area contributed by atoms with Gasteiger partial charge < -0.3 is 10.6 Å². The van der Waals surface area contributed by atoms with Gasteiger partial charge in [0.05, 0.1) is 22.9 Å². The van der Waals surface area contributed by atoms with E-state index < -0.39 is 0 Å². The summed E-state index contributed by atoms with van der Waals surface area (Å²) in [7, 11) is 0. The smallest absolute Gasteiger partial charge is 0.251 e. The molecule has 0 radical (unpaired) electrons. The summed E-state index contributed by atoms with van der Waals surface area (Å²) < 4.78 is 16.0. The summed E-state index contributed by atoms with van der Waals surface area (Å²) >= 11 is 0.